The first-order valence-electron chi connectivity index (χ1n) is 8.41. The second-order valence-corrected chi connectivity index (χ2v) is 8.29. The molecule has 0 aliphatic heterocycles. The van der Waals surface area contributed by atoms with E-state index >= 15 is 0 Å². The summed E-state index contributed by atoms with van der Waals surface area (Å²) < 4.78 is 1.60. The molecule has 2 aromatic carbocycles. The predicted molar refractivity (Wildman–Crippen MR) is 112 cm³/mol. The van der Waals surface area contributed by atoms with Crippen molar-refractivity contribution in [2.75, 3.05) is 0 Å². The molecule has 0 aliphatic carbocycles. The van der Waals surface area contributed by atoms with Gasteiger partial charge in [-0.15, -0.1) is 11.3 Å². The Bertz CT molecular complexity index is 1190. The summed E-state index contributed by atoms with van der Waals surface area (Å²) in [5, 5.41) is 10.0. The third kappa shape index (κ3) is 3.39. The van der Waals surface area contributed by atoms with Crippen molar-refractivity contribution in [1.82, 2.24) is 9.55 Å². The number of hydrogen-bond acceptors (Lipinski definition) is 5. The SMILES string of the molecule is CC(C#N)Sc1nc2sc(-c3ccccc3)cc2c(=O)n1-c1ccccc1. The van der Waals surface area contributed by atoms with Gasteiger partial charge in [-0.1, -0.05) is 60.3 Å². The van der Waals surface area contributed by atoms with Crippen LogP contribution < -0.4 is 5.56 Å². The van der Waals surface area contributed by atoms with Crippen molar-refractivity contribution in [3.05, 3.63) is 77.1 Å². The van der Waals surface area contributed by atoms with E-state index in [2.05, 4.69) is 6.07 Å². The van der Waals surface area contributed by atoms with Gasteiger partial charge in [0.2, 0.25) is 0 Å². The zero-order chi connectivity index (χ0) is 18.8. The number of para-hydroxylation sites is 1. The number of aromatic nitrogens is 2. The van der Waals surface area contributed by atoms with E-state index in [0.717, 1.165) is 16.1 Å². The average molecular weight is 390 g/mol. The smallest absolute Gasteiger partial charge is 0.267 e. The minimum Gasteiger partial charge on any atom is -0.268 e. The highest BCUT2D eigenvalue weighted by molar-refractivity contribution is 8.00. The Morgan fingerprint density at radius 2 is 1.78 bits per heavy atom. The van der Waals surface area contributed by atoms with Gasteiger partial charge in [0.05, 0.1) is 22.4 Å². The lowest BCUT2D eigenvalue weighted by molar-refractivity contribution is 0.821. The van der Waals surface area contributed by atoms with Crippen LogP contribution in [0.5, 0.6) is 0 Å². The Hall–Kier alpha value is -2.88. The summed E-state index contributed by atoms with van der Waals surface area (Å²) in [4.78, 5) is 19.7. The molecule has 0 aliphatic rings. The number of hydrogen-bond donors (Lipinski definition) is 0. The zero-order valence-corrected chi connectivity index (χ0v) is 16.1. The number of fused-ring (bicyclic) bond motifs is 1. The molecule has 2 aromatic heterocycles. The van der Waals surface area contributed by atoms with Gasteiger partial charge in [0.25, 0.3) is 5.56 Å². The molecule has 0 saturated heterocycles. The molecule has 4 nitrogen and oxygen atoms in total. The molecule has 6 heteroatoms. The van der Waals surface area contributed by atoms with E-state index in [0.29, 0.717) is 15.4 Å². The highest BCUT2D eigenvalue weighted by Crippen LogP contribution is 2.33. The lowest BCUT2D eigenvalue weighted by Gasteiger charge is -2.12. The van der Waals surface area contributed by atoms with Gasteiger partial charge in [-0.3, -0.25) is 9.36 Å². The van der Waals surface area contributed by atoms with Crippen LogP contribution in [0.25, 0.3) is 26.3 Å². The molecule has 1 atom stereocenters. The van der Waals surface area contributed by atoms with Crippen LogP contribution in [0.4, 0.5) is 0 Å². The van der Waals surface area contributed by atoms with E-state index < -0.39 is 0 Å². The molecule has 0 amide bonds. The van der Waals surface area contributed by atoms with E-state index in [9.17, 15) is 10.1 Å². The van der Waals surface area contributed by atoms with Crippen LogP contribution in [0, 0.1) is 11.3 Å². The first kappa shape index (κ1) is 17.5. The summed E-state index contributed by atoms with van der Waals surface area (Å²) in [6.45, 7) is 1.81. The second-order valence-electron chi connectivity index (χ2n) is 5.96. The standard InChI is InChI=1S/C21H15N3OS2/c1-14(13-22)26-21-23-19-17(12-18(27-19)15-8-4-2-5-9-15)20(25)24(21)16-10-6-3-7-11-16/h2-12,14H,1H3. The monoisotopic (exact) mass is 389 g/mol. The Morgan fingerprint density at radius 1 is 1.11 bits per heavy atom. The molecular formula is C21H15N3OS2. The fraction of sp³-hybridized carbons (Fsp3) is 0.0952. The average Bonchev–Trinajstić information content (AvgIpc) is 3.14. The minimum absolute atomic E-state index is 0.114. The Morgan fingerprint density at radius 3 is 2.44 bits per heavy atom. The van der Waals surface area contributed by atoms with Crippen molar-refractivity contribution in [2.24, 2.45) is 0 Å². The third-order valence-corrected chi connectivity index (χ3v) is 6.09. The summed E-state index contributed by atoms with van der Waals surface area (Å²) in [5.74, 6) is 0. The lowest BCUT2D eigenvalue weighted by Crippen LogP contribution is -2.21. The highest BCUT2D eigenvalue weighted by Gasteiger charge is 2.18. The molecule has 0 bridgehead atoms. The molecule has 132 valence electrons. The van der Waals surface area contributed by atoms with Crippen molar-refractivity contribution < 1.29 is 0 Å². The minimum atomic E-state index is -0.308. The second kappa shape index (κ2) is 7.39. The normalized spacial score (nSPS) is 12.0. The maximum Gasteiger partial charge on any atom is 0.267 e. The van der Waals surface area contributed by atoms with Crippen molar-refractivity contribution >= 4 is 33.3 Å². The maximum absolute atomic E-state index is 13.3. The van der Waals surface area contributed by atoms with Crippen LogP contribution in [0.2, 0.25) is 0 Å². The molecule has 0 N–H and O–H groups in total. The van der Waals surface area contributed by atoms with Crippen LogP contribution in [0.1, 0.15) is 6.92 Å². The summed E-state index contributed by atoms with van der Waals surface area (Å²) in [6, 6.07) is 23.5. The topological polar surface area (TPSA) is 58.7 Å². The number of thiophene rings is 1. The number of rotatable bonds is 4. The van der Waals surface area contributed by atoms with Gasteiger partial charge in [0, 0.05) is 4.88 Å². The largest absolute Gasteiger partial charge is 0.268 e. The third-order valence-electron chi connectivity index (χ3n) is 4.07. The molecule has 0 fully saturated rings. The van der Waals surface area contributed by atoms with E-state index in [1.807, 2.05) is 66.7 Å². The van der Waals surface area contributed by atoms with Crippen LogP contribution in [-0.4, -0.2) is 14.8 Å². The van der Waals surface area contributed by atoms with Gasteiger partial charge in [0.15, 0.2) is 5.16 Å². The van der Waals surface area contributed by atoms with Crippen LogP contribution in [-0.2, 0) is 0 Å². The van der Waals surface area contributed by atoms with Crippen molar-refractivity contribution in [3.8, 4) is 22.2 Å². The van der Waals surface area contributed by atoms with Gasteiger partial charge in [0.1, 0.15) is 4.83 Å². The molecule has 0 saturated carbocycles. The van der Waals surface area contributed by atoms with Crippen LogP contribution in [0.15, 0.2) is 76.7 Å². The summed E-state index contributed by atoms with van der Waals surface area (Å²) in [6.07, 6.45) is 0. The fourth-order valence-electron chi connectivity index (χ4n) is 2.77. The van der Waals surface area contributed by atoms with Crippen LogP contribution >= 0.6 is 23.1 Å². The zero-order valence-electron chi connectivity index (χ0n) is 14.5. The Labute approximate surface area is 164 Å². The summed E-state index contributed by atoms with van der Waals surface area (Å²) >= 11 is 2.79. The maximum atomic E-state index is 13.3. The van der Waals surface area contributed by atoms with Gasteiger partial charge >= 0.3 is 0 Å². The molecule has 4 aromatic rings. The van der Waals surface area contributed by atoms with Crippen molar-refractivity contribution in [2.45, 2.75) is 17.3 Å². The molecule has 0 radical (unpaired) electrons. The quantitative estimate of drug-likeness (QED) is 0.359. The predicted octanol–water partition coefficient (Wildman–Crippen LogP) is 5.12. The fourth-order valence-corrected chi connectivity index (χ4v) is 4.67. The summed E-state index contributed by atoms with van der Waals surface area (Å²) in [5.41, 5.74) is 1.69. The number of thioether (sulfide) groups is 1. The number of nitriles is 1. The van der Waals surface area contributed by atoms with E-state index in [4.69, 9.17) is 4.98 Å². The highest BCUT2D eigenvalue weighted by atomic mass is 32.2. The van der Waals surface area contributed by atoms with E-state index in [1.54, 1.807) is 11.5 Å². The van der Waals surface area contributed by atoms with Crippen molar-refractivity contribution in [3.63, 3.8) is 0 Å². The molecule has 27 heavy (non-hydrogen) atoms. The van der Waals surface area contributed by atoms with E-state index in [-0.39, 0.29) is 10.8 Å². The van der Waals surface area contributed by atoms with Gasteiger partial charge in [-0.05, 0) is 30.7 Å². The molecule has 2 heterocycles. The van der Waals surface area contributed by atoms with Gasteiger partial charge < -0.3 is 0 Å². The first-order valence-corrected chi connectivity index (χ1v) is 10.1. The Balaban J connectivity index is 1.96. The lowest BCUT2D eigenvalue weighted by atomic mass is 10.2. The van der Waals surface area contributed by atoms with Crippen molar-refractivity contribution in [1.29, 1.82) is 5.26 Å². The Kier molecular flexibility index (Phi) is 4.80. The molecule has 1 unspecified atom stereocenters. The van der Waals surface area contributed by atoms with Crippen LogP contribution in [0.3, 0.4) is 0 Å². The van der Waals surface area contributed by atoms with E-state index in [1.165, 1.54) is 23.1 Å². The molecule has 0 spiro atoms. The number of nitrogens with zero attached hydrogens (tertiary/aromatic N) is 3. The van der Waals surface area contributed by atoms with Gasteiger partial charge in [-0.2, -0.15) is 5.26 Å². The molecule has 4 rings (SSSR count). The summed E-state index contributed by atoms with van der Waals surface area (Å²) in [7, 11) is 0. The molecular weight excluding hydrogens is 374 g/mol. The number of benzene rings is 2. The van der Waals surface area contributed by atoms with Gasteiger partial charge in [-0.25, -0.2) is 4.98 Å². The first-order chi connectivity index (χ1) is 13.2.